The van der Waals surface area contributed by atoms with Crippen molar-refractivity contribution in [1.29, 1.82) is 0 Å². The van der Waals surface area contributed by atoms with Gasteiger partial charge in [-0.05, 0) is 29.5 Å². The molecular weight excluding hydrogens is 259 g/mol. The summed E-state index contributed by atoms with van der Waals surface area (Å²) >= 11 is 2.05. The van der Waals surface area contributed by atoms with E-state index < -0.39 is 5.97 Å². The number of halogens is 1. The number of aromatic nitrogens is 2. The molecule has 1 rings (SSSR count). The molecule has 0 radical (unpaired) electrons. The molecule has 0 aliphatic rings. The molecule has 0 aliphatic carbocycles. The van der Waals surface area contributed by atoms with Crippen LogP contribution in [0, 0.1) is 3.70 Å². The molecule has 0 amide bonds. The van der Waals surface area contributed by atoms with E-state index in [0.717, 1.165) is 3.70 Å². The highest BCUT2D eigenvalue weighted by Crippen LogP contribution is 2.06. The third-order valence-corrected chi connectivity index (χ3v) is 2.12. The fourth-order valence-corrected chi connectivity index (χ4v) is 1.46. The molecule has 0 saturated heterocycles. The fraction of sp³-hybridized carbons (Fsp3) is 0.333. The van der Waals surface area contributed by atoms with Crippen LogP contribution in [0.1, 0.15) is 17.4 Å². The second kappa shape index (κ2) is 3.21. The summed E-state index contributed by atoms with van der Waals surface area (Å²) in [6.07, 6.45) is 0. The summed E-state index contributed by atoms with van der Waals surface area (Å²) in [5.74, 6) is -0.977. The molecule has 4 nitrogen and oxygen atoms in total. The van der Waals surface area contributed by atoms with Crippen LogP contribution >= 0.6 is 22.6 Å². The van der Waals surface area contributed by atoms with Crippen molar-refractivity contribution >= 4 is 28.6 Å². The zero-order valence-corrected chi connectivity index (χ0v) is 8.07. The van der Waals surface area contributed by atoms with Crippen LogP contribution in [0.3, 0.4) is 0 Å². The number of aromatic carboxylic acids is 1. The van der Waals surface area contributed by atoms with Crippen LogP contribution in [0.2, 0.25) is 0 Å². The molecule has 0 bridgehead atoms. The van der Waals surface area contributed by atoms with E-state index in [-0.39, 0.29) is 5.69 Å². The minimum Gasteiger partial charge on any atom is -0.476 e. The molecule has 1 N–H and O–H groups in total. The summed E-state index contributed by atoms with van der Waals surface area (Å²) < 4.78 is 2.49. The van der Waals surface area contributed by atoms with Crippen molar-refractivity contribution in [1.82, 2.24) is 9.78 Å². The first-order chi connectivity index (χ1) is 5.15. The first-order valence-corrected chi connectivity index (χ1v) is 4.19. The largest absolute Gasteiger partial charge is 0.476 e. The maximum atomic E-state index is 10.4. The van der Waals surface area contributed by atoms with Gasteiger partial charge in [0.1, 0.15) is 0 Å². The monoisotopic (exact) mass is 266 g/mol. The molecule has 1 heterocycles. The molecule has 0 unspecified atom stereocenters. The van der Waals surface area contributed by atoms with Crippen LogP contribution in [0.5, 0.6) is 0 Å². The molecule has 0 fully saturated rings. The van der Waals surface area contributed by atoms with E-state index in [9.17, 15) is 4.79 Å². The number of aryl methyl sites for hydroxylation is 1. The number of rotatable bonds is 2. The molecular formula is C6H7IN2O2. The SMILES string of the molecule is CCn1nc(C(=O)O)cc1I. The first kappa shape index (κ1) is 8.51. The van der Waals surface area contributed by atoms with Gasteiger partial charge in [0.15, 0.2) is 5.69 Å². The van der Waals surface area contributed by atoms with Gasteiger partial charge < -0.3 is 5.11 Å². The average Bonchev–Trinajstić information content (AvgIpc) is 2.31. The Labute approximate surface area is 77.4 Å². The molecule has 0 atom stereocenters. The number of carboxylic acid groups (broad SMARTS) is 1. The van der Waals surface area contributed by atoms with Crippen molar-refractivity contribution in [2.45, 2.75) is 13.5 Å². The zero-order chi connectivity index (χ0) is 8.43. The fourth-order valence-electron chi connectivity index (χ4n) is 0.720. The van der Waals surface area contributed by atoms with Gasteiger partial charge in [-0.25, -0.2) is 4.79 Å². The number of carbonyl (C=O) groups is 1. The Balaban J connectivity index is 3.05. The van der Waals surface area contributed by atoms with Crippen LogP contribution in [0.25, 0.3) is 0 Å². The highest BCUT2D eigenvalue weighted by molar-refractivity contribution is 14.1. The van der Waals surface area contributed by atoms with Gasteiger partial charge in [-0.1, -0.05) is 0 Å². The van der Waals surface area contributed by atoms with Crippen LogP contribution in [0.4, 0.5) is 0 Å². The number of carboxylic acids is 1. The normalized spacial score (nSPS) is 10.0. The Hall–Kier alpha value is -0.590. The molecule has 0 saturated carbocycles. The van der Waals surface area contributed by atoms with Crippen LogP contribution in [-0.2, 0) is 6.54 Å². The maximum Gasteiger partial charge on any atom is 0.356 e. The lowest BCUT2D eigenvalue weighted by Gasteiger charge is -1.93. The van der Waals surface area contributed by atoms with Crippen molar-refractivity contribution < 1.29 is 9.90 Å². The molecule has 1 aromatic rings. The van der Waals surface area contributed by atoms with E-state index in [1.807, 2.05) is 6.92 Å². The van der Waals surface area contributed by atoms with E-state index in [0.29, 0.717) is 6.54 Å². The van der Waals surface area contributed by atoms with Crippen LogP contribution < -0.4 is 0 Å². The van der Waals surface area contributed by atoms with Crippen molar-refractivity contribution in [3.8, 4) is 0 Å². The molecule has 60 valence electrons. The summed E-state index contributed by atoms with van der Waals surface area (Å²) in [4.78, 5) is 10.4. The summed E-state index contributed by atoms with van der Waals surface area (Å²) in [7, 11) is 0. The van der Waals surface area contributed by atoms with Gasteiger partial charge in [0, 0.05) is 12.6 Å². The highest BCUT2D eigenvalue weighted by atomic mass is 127. The van der Waals surface area contributed by atoms with Crippen LogP contribution in [0.15, 0.2) is 6.07 Å². The summed E-state index contributed by atoms with van der Waals surface area (Å²) in [6.45, 7) is 2.62. The van der Waals surface area contributed by atoms with Crippen LogP contribution in [-0.4, -0.2) is 20.9 Å². The topological polar surface area (TPSA) is 55.1 Å². The van der Waals surface area contributed by atoms with Gasteiger partial charge in [-0.2, -0.15) is 5.10 Å². The molecule has 0 aliphatic heterocycles. The standard InChI is InChI=1S/C6H7IN2O2/c1-2-9-5(7)3-4(8-9)6(10)11/h3H,2H2,1H3,(H,10,11). The summed E-state index contributed by atoms with van der Waals surface area (Å²) in [5, 5.41) is 12.4. The van der Waals surface area contributed by atoms with Gasteiger partial charge in [0.2, 0.25) is 0 Å². The Morgan fingerprint density at radius 3 is 2.82 bits per heavy atom. The first-order valence-electron chi connectivity index (χ1n) is 3.11. The van der Waals surface area contributed by atoms with Gasteiger partial charge in [0.25, 0.3) is 0 Å². The lowest BCUT2D eigenvalue weighted by molar-refractivity contribution is 0.0689. The Kier molecular flexibility index (Phi) is 2.48. The van der Waals surface area contributed by atoms with E-state index in [1.165, 1.54) is 0 Å². The second-order valence-corrected chi connectivity index (χ2v) is 3.08. The van der Waals surface area contributed by atoms with Gasteiger partial charge >= 0.3 is 5.97 Å². The lowest BCUT2D eigenvalue weighted by Crippen LogP contribution is -2.02. The van der Waals surface area contributed by atoms with E-state index >= 15 is 0 Å². The second-order valence-electron chi connectivity index (χ2n) is 1.97. The Morgan fingerprint density at radius 2 is 2.55 bits per heavy atom. The predicted molar refractivity (Wildman–Crippen MR) is 47.6 cm³/mol. The van der Waals surface area contributed by atoms with Crippen molar-refractivity contribution in [3.05, 3.63) is 15.5 Å². The number of nitrogens with zero attached hydrogens (tertiary/aromatic N) is 2. The Morgan fingerprint density at radius 1 is 1.91 bits per heavy atom. The Bertz CT molecular complexity index is 282. The third kappa shape index (κ3) is 1.70. The van der Waals surface area contributed by atoms with Crippen molar-refractivity contribution in [3.63, 3.8) is 0 Å². The van der Waals surface area contributed by atoms with E-state index in [4.69, 9.17) is 5.11 Å². The number of hydrogen-bond donors (Lipinski definition) is 1. The summed E-state index contributed by atoms with van der Waals surface area (Å²) in [5.41, 5.74) is 0.108. The predicted octanol–water partition coefficient (Wildman–Crippen LogP) is 1.21. The summed E-state index contributed by atoms with van der Waals surface area (Å²) in [6, 6.07) is 1.55. The molecule has 1 aromatic heterocycles. The molecule has 0 spiro atoms. The highest BCUT2D eigenvalue weighted by Gasteiger charge is 2.09. The third-order valence-electron chi connectivity index (χ3n) is 1.25. The van der Waals surface area contributed by atoms with Gasteiger partial charge in [-0.3, -0.25) is 4.68 Å². The number of hydrogen-bond acceptors (Lipinski definition) is 2. The van der Waals surface area contributed by atoms with Crippen molar-refractivity contribution in [2.75, 3.05) is 0 Å². The molecule has 11 heavy (non-hydrogen) atoms. The quantitative estimate of drug-likeness (QED) is 0.818. The minimum absolute atomic E-state index is 0.108. The van der Waals surface area contributed by atoms with E-state index in [1.54, 1.807) is 10.7 Å². The van der Waals surface area contributed by atoms with E-state index in [2.05, 4.69) is 27.7 Å². The lowest BCUT2D eigenvalue weighted by atomic mass is 10.5. The molecule has 5 heteroatoms. The minimum atomic E-state index is -0.977. The average molecular weight is 266 g/mol. The van der Waals surface area contributed by atoms with Gasteiger partial charge in [0.05, 0.1) is 3.70 Å². The molecule has 0 aromatic carbocycles. The zero-order valence-electron chi connectivity index (χ0n) is 5.91. The maximum absolute atomic E-state index is 10.4. The smallest absolute Gasteiger partial charge is 0.356 e. The van der Waals surface area contributed by atoms with Crippen molar-refractivity contribution in [2.24, 2.45) is 0 Å². The van der Waals surface area contributed by atoms with Gasteiger partial charge in [-0.15, -0.1) is 0 Å².